The lowest BCUT2D eigenvalue weighted by Crippen LogP contribution is -2.19. The molecular weight excluding hydrogens is 299 g/mol. The summed E-state index contributed by atoms with van der Waals surface area (Å²) in [5.41, 5.74) is 6.02. The number of halogens is 3. The lowest BCUT2D eigenvalue weighted by Gasteiger charge is -2.23. The van der Waals surface area contributed by atoms with Crippen LogP contribution in [0.3, 0.4) is 0 Å². The quantitative estimate of drug-likeness (QED) is 0.688. The van der Waals surface area contributed by atoms with Gasteiger partial charge >= 0.3 is 6.18 Å². The Morgan fingerprint density at radius 1 is 1.33 bits per heavy atom. The fraction of sp³-hybridized carbons (Fsp3) is 0.200. The van der Waals surface area contributed by atoms with Gasteiger partial charge in [-0.25, -0.2) is 0 Å². The van der Waals surface area contributed by atoms with Crippen LogP contribution in [-0.2, 0) is 17.5 Å². The van der Waals surface area contributed by atoms with Crippen molar-refractivity contribution < 1.29 is 18.0 Å². The van der Waals surface area contributed by atoms with E-state index >= 15 is 0 Å². The zero-order chi connectivity index (χ0) is 15.6. The molecule has 110 valence electrons. The molecule has 2 rings (SSSR count). The normalized spacial score (nSPS) is 18.6. The van der Waals surface area contributed by atoms with Crippen molar-refractivity contribution in [3.8, 4) is 0 Å². The summed E-state index contributed by atoms with van der Waals surface area (Å²) in [4.78, 5) is 11.6. The van der Waals surface area contributed by atoms with Crippen molar-refractivity contribution >= 4 is 23.4 Å². The Hall–Kier alpha value is -1.79. The Kier molecular flexibility index (Phi) is 4.39. The van der Waals surface area contributed by atoms with Gasteiger partial charge in [0.05, 0.1) is 5.56 Å². The molecule has 0 aromatic heterocycles. The van der Waals surface area contributed by atoms with Crippen molar-refractivity contribution in [2.45, 2.75) is 18.6 Å². The molecule has 0 spiro atoms. The molecule has 0 heterocycles. The number of carbonyl (C=O) groups is 1. The van der Waals surface area contributed by atoms with Crippen molar-refractivity contribution in [1.82, 2.24) is 0 Å². The smallest absolute Gasteiger partial charge is 0.326 e. The molecule has 1 aromatic rings. The maximum Gasteiger partial charge on any atom is 0.416 e. The molecular formula is C15H12F3NOS. The van der Waals surface area contributed by atoms with Crippen molar-refractivity contribution in [3.05, 3.63) is 58.7 Å². The van der Waals surface area contributed by atoms with Crippen LogP contribution >= 0.6 is 12.2 Å². The van der Waals surface area contributed by atoms with Crippen LogP contribution in [0, 0.1) is 0 Å². The first-order valence-corrected chi connectivity index (χ1v) is 6.56. The number of aldehydes is 1. The van der Waals surface area contributed by atoms with E-state index < -0.39 is 17.7 Å². The van der Waals surface area contributed by atoms with Crippen LogP contribution < -0.4 is 5.73 Å². The van der Waals surface area contributed by atoms with Crippen LogP contribution in [0.4, 0.5) is 13.2 Å². The van der Waals surface area contributed by atoms with E-state index in [0.717, 1.165) is 12.1 Å². The molecule has 2 nitrogen and oxygen atoms in total. The second-order valence-electron chi connectivity index (χ2n) is 4.59. The summed E-state index contributed by atoms with van der Waals surface area (Å²) in [6.07, 6.45) is 0.917. The largest absolute Gasteiger partial charge is 0.416 e. The lowest BCUT2D eigenvalue weighted by atomic mass is 9.82. The SMILES string of the molecule is NCc1ccc(C(F)(F)F)cc1C1C(=S)C=CC=C1C=O. The average molecular weight is 311 g/mol. The molecule has 1 aromatic carbocycles. The Morgan fingerprint density at radius 3 is 2.62 bits per heavy atom. The van der Waals surface area contributed by atoms with Crippen molar-refractivity contribution in [2.75, 3.05) is 0 Å². The van der Waals surface area contributed by atoms with Crippen LogP contribution in [0.5, 0.6) is 0 Å². The first-order valence-electron chi connectivity index (χ1n) is 6.16. The molecule has 0 amide bonds. The van der Waals surface area contributed by atoms with Crippen LogP contribution in [0.25, 0.3) is 0 Å². The molecule has 0 bridgehead atoms. The monoisotopic (exact) mass is 311 g/mol. The van der Waals surface area contributed by atoms with Crippen molar-refractivity contribution in [2.24, 2.45) is 5.73 Å². The molecule has 0 radical (unpaired) electrons. The molecule has 6 heteroatoms. The second-order valence-corrected chi connectivity index (χ2v) is 5.07. The fourth-order valence-electron chi connectivity index (χ4n) is 2.28. The van der Waals surface area contributed by atoms with Gasteiger partial charge in [0.15, 0.2) is 0 Å². The topological polar surface area (TPSA) is 43.1 Å². The fourth-order valence-corrected chi connectivity index (χ4v) is 2.62. The highest BCUT2D eigenvalue weighted by Crippen LogP contribution is 2.36. The standard InChI is InChI=1S/C15H12F3NOS/c16-15(17,18)11-5-4-9(7-19)12(6-11)14-10(8-20)2-1-3-13(14)21/h1-6,8,14H,7,19H2. The van der Waals surface area contributed by atoms with E-state index in [4.69, 9.17) is 18.0 Å². The number of carbonyl (C=O) groups excluding carboxylic acids is 1. The molecule has 1 unspecified atom stereocenters. The van der Waals surface area contributed by atoms with E-state index in [1.54, 1.807) is 18.2 Å². The summed E-state index contributed by atoms with van der Waals surface area (Å²) in [5, 5.41) is 0. The average Bonchev–Trinajstić information content (AvgIpc) is 2.45. The number of alkyl halides is 3. The summed E-state index contributed by atoms with van der Waals surface area (Å²) in [5.74, 6) is -0.664. The van der Waals surface area contributed by atoms with E-state index in [0.29, 0.717) is 27.9 Å². The van der Waals surface area contributed by atoms with Gasteiger partial charge in [-0.05, 0) is 29.3 Å². The van der Waals surface area contributed by atoms with Gasteiger partial charge in [-0.2, -0.15) is 13.2 Å². The molecule has 0 saturated carbocycles. The highest BCUT2D eigenvalue weighted by atomic mass is 32.1. The predicted molar refractivity (Wildman–Crippen MR) is 78.0 cm³/mol. The van der Waals surface area contributed by atoms with Gasteiger partial charge < -0.3 is 5.73 Å². The molecule has 0 fully saturated rings. The van der Waals surface area contributed by atoms with Gasteiger partial charge in [-0.1, -0.05) is 30.4 Å². The predicted octanol–water partition coefficient (Wildman–Crippen LogP) is 3.31. The maximum atomic E-state index is 12.9. The Morgan fingerprint density at radius 2 is 2.05 bits per heavy atom. The first-order chi connectivity index (χ1) is 9.88. The van der Waals surface area contributed by atoms with Gasteiger partial charge in [0.2, 0.25) is 0 Å². The number of benzene rings is 1. The van der Waals surface area contributed by atoms with E-state index in [-0.39, 0.29) is 6.54 Å². The molecule has 1 aliphatic carbocycles. The third-order valence-corrected chi connectivity index (χ3v) is 3.68. The van der Waals surface area contributed by atoms with Crippen LogP contribution in [0.2, 0.25) is 0 Å². The summed E-state index contributed by atoms with van der Waals surface area (Å²) in [6, 6.07) is 3.34. The molecule has 0 saturated heterocycles. The Balaban J connectivity index is 2.60. The number of hydrogen-bond acceptors (Lipinski definition) is 3. The minimum Gasteiger partial charge on any atom is -0.326 e. The highest BCUT2D eigenvalue weighted by Gasteiger charge is 2.33. The third kappa shape index (κ3) is 3.11. The minimum absolute atomic E-state index is 0.0719. The number of nitrogens with two attached hydrogens (primary N) is 1. The Bertz CT molecular complexity index is 647. The van der Waals surface area contributed by atoms with E-state index in [2.05, 4.69) is 0 Å². The second kappa shape index (κ2) is 5.91. The molecule has 21 heavy (non-hydrogen) atoms. The third-order valence-electron chi connectivity index (χ3n) is 3.31. The van der Waals surface area contributed by atoms with E-state index in [9.17, 15) is 18.0 Å². The Labute approximate surface area is 125 Å². The van der Waals surface area contributed by atoms with Crippen molar-refractivity contribution in [1.29, 1.82) is 0 Å². The summed E-state index contributed by atoms with van der Waals surface area (Å²) in [7, 11) is 0. The molecule has 1 aliphatic rings. The molecule has 0 aliphatic heterocycles. The van der Waals surface area contributed by atoms with Gasteiger partial charge in [-0.15, -0.1) is 0 Å². The summed E-state index contributed by atoms with van der Waals surface area (Å²) >= 11 is 5.19. The minimum atomic E-state index is -4.46. The van der Waals surface area contributed by atoms with Crippen molar-refractivity contribution in [3.63, 3.8) is 0 Å². The number of thiocarbonyl (C=S) groups is 1. The number of hydrogen-bond donors (Lipinski definition) is 1. The highest BCUT2D eigenvalue weighted by molar-refractivity contribution is 7.80. The van der Waals surface area contributed by atoms with Crippen LogP contribution in [0.15, 0.2) is 42.0 Å². The van der Waals surface area contributed by atoms with E-state index in [1.165, 1.54) is 6.07 Å². The number of allylic oxidation sites excluding steroid dienone is 4. The molecule has 1 atom stereocenters. The van der Waals surface area contributed by atoms with Gasteiger partial charge in [0.1, 0.15) is 6.29 Å². The number of rotatable bonds is 3. The zero-order valence-corrected chi connectivity index (χ0v) is 11.7. The summed E-state index contributed by atoms with van der Waals surface area (Å²) < 4.78 is 38.7. The van der Waals surface area contributed by atoms with Crippen LogP contribution in [-0.4, -0.2) is 11.2 Å². The van der Waals surface area contributed by atoms with E-state index in [1.807, 2.05) is 0 Å². The first kappa shape index (κ1) is 15.6. The van der Waals surface area contributed by atoms with Gasteiger partial charge in [-0.3, -0.25) is 4.79 Å². The van der Waals surface area contributed by atoms with Gasteiger partial charge in [0.25, 0.3) is 0 Å². The lowest BCUT2D eigenvalue weighted by molar-refractivity contribution is -0.137. The maximum absolute atomic E-state index is 12.9. The molecule has 2 N–H and O–H groups in total. The van der Waals surface area contributed by atoms with Crippen LogP contribution in [0.1, 0.15) is 22.6 Å². The van der Waals surface area contributed by atoms with Gasteiger partial charge in [0, 0.05) is 22.9 Å². The zero-order valence-electron chi connectivity index (χ0n) is 10.9. The summed E-state index contributed by atoms with van der Waals surface area (Å²) in [6.45, 7) is 0.0719.